The molecule has 17 heavy (non-hydrogen) atoms. The van der Waals surface area contributed by atoms with Crippen molar-refractivity contribution in [1.82, 2.24) is 9.97 Å². The van der Waals surface area contributed by atoms with Crippen LogP contribution in [0.25, 0.3) is 0 Å². The van der Waals surface area contributed by atoms with Crippen molar-refractivity contribution in [2.75, 3.05) is 29.5 Å². The molecule has 5 nitrogen and oxygen atoms in total. The number of hydrogen-bond donors (Lipinski definition) is 1. The van der Waals surface area contributed by atoms with Gasteiger partial charge in [-0.3, -0.25) is 0 Å². The summed E-state index contributed by atoms with van der Waals surface area (Å²) in [4.78, 5) is 11.5. The van der Waals surface area contributed by atoms with Crippen LogP contribution in [0.2, 0.25) is 0 Å². The lowest BCUT2D eigenvalue weighted by Gasteiger charge is -2.19. The first-order valence-corrected chi connectivity index (χ1v) is 7.26. The van der Waals surface area contributed by atoms with Gasteiger partial charge in [-0.2, -0.15) is 4.98 Å². The number of hydrogen-bond acceptors (Lipinski definition) is 5. The summed E-state index contributed by atoms with van der Waals surface area (Å²) < 4.78 is 12.0. The lowest BCUT2D eigenvalue weighted by Crippen LogP contribution is -2.23. The zero-order valence-corrected chi connectivity index (χ0v) is 10.7. The number of nitrogen functional groups attached to an aromatic ring is 1. The van der Waals surface area contributed by atoms with E-state index < -0.39 is 11.2 Å². The maximum Gasteiger partial charge on any atom is 0.222 e. The fourth-order valence-corrected chi connectivity index (χ4v) is 3.91. The molecule has 0 radical (unpaired) electrons. The summed E-state index contributed by atoms with van der Waals surface area (Å²) in [6.45, 7) is 4.17. The summed E-state index contributed by atoms with van der Waals surface area (Å²) in [7, 11) is 0. The van der Waals surface area contributed by atoms with Crippen LogP contribution >= 0.6 is 0 Å². The third-order valence-electron chi connectivity index (χ3n) is 3.41. The van der Waals surface area contributed by atoms with Crippen LogP contribution in [0.1, 0.15) is 19.0 Å². The summed E-state index contributed by atoms with van der Waals surface area (Å²) in [5, 5.41) is 0. The van der Waals surface area contributed by atoms with Crippen LogP contribution in [0.3, 0.4) is 0 Å². The van der Waals surface area contributed by atoms with Gasteiger partial charge in [-0.25, -0.2) is 4.98 Å². The van der Waals surface area contributed by atoms with Gasteiger partial charge in [0, 0.05) is 19.5 Å². The molecule has 1 aromatic heterocycles. The van der Waals surface area contributed by atoms with E-state index in [-0.39, 0.29) is 0 Å². The van der Waals surface area contributed by atoms with E-state index in [2.05, 4.69) is 21.8 Å². The van der Waals surface area contributed by atoms with E-state index in [1.54, 1.807) is 0 Å². The highest BCUT2D eigenvalue weighted by Crippen LogP contribution is 2.35. The molecule has 1 fully saturated rings. The second kappa shape index (κ2) is 4.03. The zero-order chi connectivity index (χ0) is 12.0. The second-order valence-corrected chi connectivity index (χ2v) is 6.33. The van der Waals surface area contributed by atoms with E-state index in [0.717, 1.165) is 42.3 Å². The van der Waals surface area contributed by atoms with Gasteiger partial charge in [-0.1, -0.05) is 6.92 Å². The van der Waals surface area contributed by atoms with Gasteiger partial charge in [0.2, 0.25) is 10.8 Å². The molecule has 0 saturated carbocycles. The minimum Gasteiger partial charge on any atom is -0.611 e. The van der Waals surface area contributed by atoms with Crippen LogP contribution in [-0.2, 0) is 17.6 Å². The number of anilines is 2. The molecule has 2 unspecified atom stereocenters. The number of rotatable bonds is 1. The Morgan fingerprint density at radius 3 is 3.00 bits per heavy atom. The summed E-state index contributed by atoms with van der Waals surface area (Å²) in [6, 6.07) is 0. The Balaban J connectivity index is 2.04. The highest BCUT2D eigenvalue weighted by Gasteiger charge is 2.35. The molecule has 0 bridgehead atoms. The molecule has 2 aliphatic heterocycles. The number of nitrogens with two attached hydrogens (primary N) is 1. The second-order valence-electron chi connectivity index (χ2n) is 4.82. The Kier molecular flexibility index (Phi) is 2.63. The van der Waals surface area contributed by atoms with E-state index >= 15 is 0 Å². The topological polar surface area (TPSA) is 78.1 Å². The van der Waals surface area contributed by atoms with Gasteiger partial charge in [-0.05, 0) is 23.5 Å². The molecule has 0 amide bonds. The average Bonchev–Trinajstić information content (AvgIpc) is 2.85. The lowest BCUT2D eigenvalue weighted by molar-refractivity contribution is 0.598. The number of nitrogens with zero attached hydrogens (tertiary/aromatic N) is 3. The first-order valence-electron chi connectivity index (χ1n) is 5.95. The van der Waals surface area contributed by atoms with Crippen molar-refractivity contribution in [3.05, 3.63) is 5.69 Å². The summed E-state index contributed by atoms with van der Waals surface area (Å²) in [5.74, 6) is 2.44. The van der Waals surface area contributed by atoms with E-state index in [1.807, 2.05) is 0 Å². The quantitative estimate of drug-likeness (QED) is 0.739. The summed E-state index contributed by atoms with van der Waals surface area (Å²) in [5.41, 5.74) is 6.61. The molecule has 92 valence electrons. The van der Waals surface area contributed by atoms with Gasteiger partial charge in [0.25, 0.3) is 0 Å². The fraction of sp³-hybridized carbons (Fsp3) is 0.636. The van der Waals surface area contributed by atoms with Crippen LogP contribution in [0.4, 0.5) is 11.8 Å². The van der Waals surface area contributed by atoms with Gasteiger partial charge in [0.1, 0.15) is 11.4 Å². The van der Waals surface area contributed by atoms with Crippen molar-refractivity contribution in [2.45, 2.75) is 24.7 Å². The van der Waals surface area contributed by atoms with E-state index in [1.165, 1.54) is 0 Å². The molecule has 3 heterocycles. The Labute approximate surface area is 104 Å². The van der Waals surface area contributed by atoms with Crippen LogP contribution in [0, 0.1) is 5.92 Å². The van der Waals surface area contributed by atoms with Crippen molar-refractivity contribution in [2.24, 2.45) is 5.92 Å². The smallest absolute Gasteiger partial charge is 0.222 e. The molecule has 0 aromatic carbocycles. The summed E-state index contributed by atoms with van der Waals surface area (Å²) in [6.07, 6.45) is 1.91. The standard InChI is InChI=1S/C11H16N4OS/c1-7-2-4-15(6-7)10-9-8(3-5-17(9)16)13-11(12)14-10/h7H,2-6H2,1H3,(H2,12,13,14). The van der Waals surface area contributed by atoms with Crippen molar-refractivity contribution in [1.29, 1.82) is 0 Å². The normalized spacial score (nSPS) is 27.5. The van der Waals surface area contributed by atoms with Crippen molar-refractivity contribution in [3.8, 4) is 0 Å². The molecule has 6 heteroatoms. The minimum absolute atomic E-state index is 0.303. The maximum atomic E-state index is 12.0. The van der Waals surface area contributed by atoms with Crippen molar-refractivity contribution < 1.29 is 4.55 Å². The largest absolute Gasteiger partial charge is 0.611 e. The van der Waals surface area contributed by atoms with Crippen molar-refractivity contribution >= 4 is 22.9 Å². The lowest BCUT2D eigenvalue weighted by atomic mass is 10.2. The Hall–Kier alpha value is -1.01. The van der Waals surface area contributed by atoms with Gasteiger partial charge < -0.3 is 15.2 Å². The van der Waals surface area contributed by atoms with Gasteiger partial charge in [-0.15, -0.1) is 0 Å². The molecular weight excluding hydrogens is 236 g/mol. The molecule has 1 aromatic rings. The van der Waals surface area contributed by atoms with Crippen LogP contribution in [0.5, 0.6) is 0 Å². The van der Waals surface area contributed by atoms with E-state index in [0.29, 0.717) is 17.6 Å². The first-order chi connectivity index (χ1) is 8.15. The molecule has 1 saturated heterocycles. The molecule has 2 atom stereocenters. The molecule has 0 spiro atoms. The fourth-order valence-electron chi connectivity index (χ4n) is 2.54. The Morgan fingerprint density at radius 1 is 1.47 bits per heavy atom. The zero-order valence-electron chi connectivity index (χ0n) is 9.85. The minimum atomic E-state index is -0.947. The van der Waals surface area contributed by atoms with Gasteiger partial charge in [0.15, 0.2) is 5.82 Å². The monoisotopic (exact) mass is 252 g/mol. The Morgan fingerprint density at radius 2 is 2.29 bits per heavy atom. The predicted molar refractivity (Wildman–Crippen MR) is 67.4 cm³/mol. The molecule has 2 aliphatic rings. The highest BCUT2D eigenvalue weighted by atomic mass is 32.2. The van der Waals surface area contributed by atoms with E-state index in [4.69, 9.17) is 5.73 Å². The molecule has 2 N–H and O–H groups in total. The van der Waals surface area contributed by atoms with Crippen LogP contribution < -0.4 is 10.6 Å². The third-order valence-corrected chi connectivity index (χ3v) is 4.86. The number of aryl methyl sites for hydroxylation is 1. The third kappa shape index (κ3) is 1.85. The Bertz CT molecular complexity index is 453. The van der Waals surface area contributed by atoms with Crippen molar-refractivity contribution in [3.63, 3.8) is 0 Å². The molecular formula is C11H16N4OS. The SMILES string of the molecule is CC1CCN(c2nc(N)nc3c2[S+]([O-])CC3)C1. The number of fused-ring (bicyclic) bond motifs is 1. The maximum absolute atomic E-state index is 12.0. The van der Waals surface area contributed by atoms with E-state index in [9.17, 15) is 4.55 Å². The van der Waals surface area contributed by atoms with Gasteiger partial charge >= 0.3 is 0 Å². The predicted octanol–water partition coefficient (Wildman–Crippen LogP) is 0.569. The average molecular weight is 252 g/mol. The van der Waals surface area contributed by atoms with Crippen LogP contribution in [-0.4, -0.2) is 33.4 Å². The molecule has 0 aliphatic carbocycles. The molecule has 3 rings (SSSR count). The summed E-state index contributed by atoms with van der Waals surface area (Å²) >= 11 is -0.947. The first kappa shape index (κ1) is 11.1. The highest BCUT2D eigenvalue weighted by molar-refractivity contribution is 7.91. The van der Waals surface area contributed by atoms with Gasteiger partial charge in [0.05, 0.1) is 0 Å². The van der Waals surface area contributed by atoms with Crippen LogP contribution in [0.15, 0.2) is 4.90 Å². The number of aromatic nitrogens is 2.